The Kier molecular flexibility index (Phi) is 7.02. The van der Waals surface area contributed by atoms with E-state index < -0.39 is 17.7 Å². The molecule has 2 fully saturated rings. The van der Waals surface area contributed by atoms with Crippen molar-refractivity contribution in [3.8, 4) is 5.75 Å². The van der Waals surface area contributed by atoms with E-state index in [0.29, 0.717) is 31.2 Å². The van der Waals surface area contributed by atoms with Crippen molar-refractivity contribution < 1.29 is 24.2 Å². The zero-order valence-corrected chi connectivity index (χ0v) is 21.6. The van der Waals surface area contributed by atoms with Crippen molar-refractivity contribution in [1.29, 1.82) is 0 Å². The Morgan fingerprint density at radius 3 is 2.62 bits per heavy atom. The van der Waals surface area contributed by atoms with E-state index >= 15 is 0 Å². The predicted octanol–water partition coefficient (Wildman–Crippen LogP) is 5.78. The maximum Gasteiger partial charge on any atom is 0.295 e. The summed E-state index contributed by atoms with van der Waals surface area (Å²) in [5.41, 5.74) is 2.25. The molecule has 6 nitrogen and oxygen atoms in total. The summed E-state index contributed by atoms with van der Waals surface area (Å²) in [7, 11) is 0. The number of ether oxygens (including phenoxy) is 2. The van der Waals surface area contributed by atoms with Gasteiger partial charge in [-0.2, -0.15) is 0 Å². The van der Waals surface area contributed by atoms with E-state index in [0.717, 1.165) is 40.5 Å². The summed E-state index contributed by atoms with van der Waals surface area (Å²) in [5.74, 6) is -0.345. The number of carbonyl (C=O) groups is 2. The summed E-state index contributed by atoms with van der Waals surface area (Å²) in [6, 6.07) is 18.4. The lowest BCUT2D eigenvalue weighted by atomic mass is 9.91. The molecule has 6 heteroatoms. The number of fused-ring (bicyclic) bond motifs is 1. The number of hydrogen-bond acceptors (Lipinski definition) is 5. The molecule has 0 aliphatic carbocycles. The van der Waals surface area contributed by atoms with Gasteiger partial charge in [0.2, 0.25) is 0 Å². The van der Waals surface area contributed by atoms with Crippen LogP contribution in [0, 0.1) is 12.8 Å². The zero-order chi connectivity index (χ0) is 26.1. The number of ketones is 1. The monoisotopic (exact) mass is 499 g/mol. The second-order valence-electron chi connectivity index (χ2n) is 10.3. The van der Waals surface area contributed by atoms with Crippen LogP contribution in [-0.2, 0) is 14.3 Å². The van der Waals surface area contributed by atoms with Crippen molar-refractivity contribution in [1.82, 2.24) is 4.90 Å². The predicted molar refractivity (Wildman–Crippen MR) is 143 cm³/mol. The highest BCUT2D eigenvalue weighted by Gasteiger charge is 2.47. The molecule has 2 unspecified atom stereocenters. The molecule has 5 rings (SSSR count). The van der Waals surface area contributed by atoms with Crippen LogP contribution in [0.25, 0.3) is 16.5 Å². The molecule has 3 aromatic rings. The van der Waals surface area contributed by atoms with Gasteiger partial charge in [0.1, 0.15) is 11.5 Å². The molecule has 2 aliphatic heterocycles. The first-order chi connectivity index (χ1) is 17.8. The number of carbonyl (C=O) groups excluding carboxylic acids is 2. The van der Waals surface area contributed by atoms with Crippen molar-refractivity contribution >= 4 is 28.2 Å². The number of Topliss-reactive ketones (excluding diaryl/α,β-unsaturated/α-hetero) is 1. The Morgan fingerprint density at radius 2 is 1.89 bits per heavy atom. The maximum atomic E-state index is 13.5. The number of aliphatic hydroxyl groups is 1. The van der Waals surface area contributed by atoms with Gasteiger partial charge in [-0.3, -0.25) is 9.59 Å². The molecule has 0 aromatic heterocycles. The first-order valence-corrected chi connectivity index (χ1v) is 13.0. The number of nitrogens with zero attached hydrogens (tertiary/aromatic N) is 1. The third-order valence-electron chi connectivity index (χ3n) is 7.10. The number of benzene rings is 3. The summed E-state index contributed by atoms with van der Waals surface area (Å²) in [5, 5.41) is 13.5. The van der Waals surface area contributed by atoms with Gasteiger partial charge in [-0.1, -0.05) is 56.3 Å². The fraction of sp³-hybridized carbons (Fsp3) is 0.355. The lowest BCUT2D eigenvalue weighted by molar-refractivity contribution is -0.140. The molecule has 0 bridgehead atoms. The van der Waals surface area contributed by atoms with E-state index in [1.165, 1.54) is 0 Å². The van der Waals surface area contributed by atoms with Gasteiger partial charge < -0.3 is 19.5 Å². The van der Waals surface area contributed by atoms with Crippen LogP contribution >= 0.6 is 0 Å². The van der Waals surface area contributed by atoms with E-state index in [2.05, 4.69) is 13.8 Å². The number of likely N-dealkylation sites (tertiary alicyclic amines) is 1. The van der Waals surface area contributed by atoms with Crippen LogP contribution in [0.1, 0.15) is 49.4 Å². The Balaban J connectivity index is 1.62. The van der Waals surface area contributed by atoms with Gasteiger partial charge in [0.25, 0.3) is 11.7 Å². The number of hydrogen-bond donors (Lipinski definition) is 1. The van der Waals surface area contributed by atoms with Gasteiger partial charge in [0, 0.05) is 18.7 Å². The summed E-state index contributed by atoms with van der Waals surface area (Å²) in [4.78, 5) is 28.4. The molecule has 2 aliphatic rings. The number of rotatable bonds is 7. The standard InChI is InChI=1S/C31H33NO5/c1-19(2)18-37-26-14-13-22(16-20(26)3)29(33)27-28(25-12-6-9-21-8-4-5-11-24(21)25)32(31(35)30(27)34)17-23-10-7-15-36-23/h4-6,8-9,11-14,16,19,23,28,33H,7,10,15,17-18H2,1-3H3/b29-27-. The molecule has 2 saturated heterocycles. The number of aryl methyl sites for hydroxylation is 1. The fourth-order valence-corrected chi connectivity index (χ4v) is 5.26. The lowest BCUT2D eigenvalue weighted by Crippen LogP contribution is -2.36. The second-order valence-corrected chi connectivity index (χ2v) is 10.3. The zero-order valence-electron chi connectivity index (χ0n) is 21.6. The van der Waals surface area contributed by atoms with Crippen LogP contribution in [-0.4, -0.2) is 47.6 Å². The highest BCUT2D eigenvalue weighted by Crippen LogP contribution is 2.42. The van der Waals surface area contributed by atoms with Crippen molar-refractivity contribution in [2.45, 2.75) is 45.8 Å². The van der Waals surface area contributed by atoms with Crippen molar-refractivity contribution in [2.75, 3.05) is 19.8 Å². The topological polar surface area (TPSA) is 76.1 Å². The van der Waals surface area contributed by atoms with Crippen LogP contribution in [0.2, 0.25) is 0 Å². The molecule has 0 spiro atoms. The Morgan fingerprint density at radius 1 is 1.11 bits per heavy atom. The van der Waals surface area contributed by atoms with Crippen LogP contribution in [0.4, 0.5) is 0 Å². The largest absolute Gasteiger partial charge is 0.507 e. The smallest absolute Gasteiger partial charge is 0.295 e. The molecule has 1 amide bonds. The van der Waals surface area contributed by atoms with Gasteiger partial charge in [-0.25, -0.2) is 0 Å². The second kappa shape index (κ2) is 10.4. The number of aliphatic hydroxyl groups excluding tert-OH is 1. The normalized spacial score (nSPS) is 21.4. The van der Waals surface area contributed by atoms with E-state index in [1.807, 2.05) is 55.5 Å². The first-order valence-electron chi connectivity index (χ1n) is 13.0. The summed E-state index contributed by atoms with van der Waals surface area (Å²) in [6.07, 6.45) is 1.63. The molecule has 2 atom stereocenters. The highest BCUT2D eigenvalue weighted by molar-refractivity contribution is 6.46. The fourth-order valence-electron chi connectivity index (χ4n) is 5.26. The SMILES string of the molecule is Cc1cc(/C(O)=C2/C(=O)C(=O)N(CC3CCCO3)C2c2cccc3ccccc23)ccc1OCC(C)C. The molecule has 37 heavy (non-hydrogen) atoms. The molecule has 1 N–H and O–H groups in total. The Hall–Kier alpha value is -3.64. The minimum atomic E-state index is -0.715. The van der Waals surface area contributed by atoms with Crippen molar-refractivity contribution in [2.24, 2.45) is 5.92 Å². The van der Waals surface area contributed by atoms with Crippen LogP contribution < -0.4 is 4.74 Å². The first kappa shape index (κ1) is 25.0. The van der Waals surface area contributed by atoms with E-state index in [-0.39, 0.29) is 17.4 Å². The van der Waals surface area contributed by atoms with Gasteiger partial charge in [0.15, 0.2) is 0 Å². The van der Waals surface area contributed by atoms with Gasteiger partial charge in [-0.15, -0.1) is 0 Å². The maximum absolute atomic E-state index is 13.5. The molecular formula is C31H33NO5. The molecule has 3 aromatic carbocycles. The van der Waals surface area contributed by atoms with E-state index in [1.54, 1.807) is 17.0 Å². The van der Waals surface area contributed by atoms with Crippen molar-refractivity contribution in [3.63, 3.8) is 0 Å². The molecule has 0 radical (unpaired) electrons. The number of amides is 1. The summed E-state index contributed by atoms with van der Waals surface area (Å²) in [6.45, 7) is 7.61. The third kappa shape index (κ3) is 4.86. The average molecular weight is 500 g/mol. The minimum Gasteiger partial charge on any atom is -0.507 e. The molecular weight excluding hydrogens is 466 g/mol. The summed E-state index contributed by atoms with van der Waals surface area (Å²) >= 11 is 0. The van der Waals surface area contributed by atoms with Crippen LogP contribution in [0.5, 0.6) is 5.75 Å². The van der Waals surface area contributed by atoms with Gasteiger partial charge >= 0.3 is 0 Å². The van der Waals surface area contributed by atoms with Crippen LogP contribution in [0.3, 0.4) is 0 Å². The minimum absolute atomic E-state index is 0.106. The highest BCUT2D eigenvalue weighted by atomic mass is 16.5. The van der Waals surface area contributed by atoms with Crippen LogP contribution in [0.15, 0.2) is 66.2 Å². The summed E-state index contributed by atoms with van der Waals surface area (Å²) < 4.78 is 11.7. The Labute approximate surface area is 217 Å². The van der Waals surface area contributed by atoms with Gasteiger partial charge in [-0.05, 0) is 65.8 Å². The average Bonchev–Trinajstić information content (AvgIpc) is 3.49. The lowest BCUT2D eigenvalue weighted by Gasteiger charge is -2.28. The van der Waals surface area contributed by atoms with E-state index in [9.17, 15) is 14.7 Å². The van der Waals surface area contributed by atoms with Crippen molar-refractivity contribution in [3.05, 3.63) is 82.9 Å². The molecule has 2 heterocycles. The molecule has 0 saturated carbocycles. The quantitative estimate of drug-likeness (QED) is 0.253. The van der Waals surface area contributed by atoms with Gasteiger partial charge in [0.05, 0.1) is 24.3 Å². The van der Waals surface area contributed by atoms with E-state index in [4.69, 9.17) is 9.47 Å². The Bertz CT molecular complexity index is 1360. The molecule has 192 valence electrons. The third-order valence-corrected chi connectivity index (χ3v) is 7.10.